The van der Waals surface area contributed by atoms with E-state index in [-0.39, 0.29) is 23.8 Å². The summed E-state index contributed by atoms with van der Waals surface area (Å²) in [4.78, 5) is 26.7. The first-order chi connectivity index (χ1) is 11.7. The molecule has 1 amide bonds. The second-order valence-corrected chi connectivity index (χ2v) is 6.70. The number of benzene rings is 1. The van der Waals surface area contributed by atoms with Crippen molar-refractivity contribution in [3.63, 3.8) is 0 Å². The Labute approximate surface area is 143 Å². The zero-order valence-corrected chi connectivity index (χ0v) is 14.1. The van der Waals surface area contributed by atoms with E-state index in [0.717, 1.165) is 44.4 Å². The third kappa shape index (κ3) is 4.65. The van der Waals surface area contributed by atoms with Gasteiger partial charge in [-0.3, -0.25) is 14.5 Å². The zero-order chi connectivity index (χ0) is 16.8. The Morgan fingerprint density at radius 3 is 2.75 bits per heavy atom. The molecule has 1 aromatic rings. The predicted octanol–water partition coefficient (Wildman–Crippen LogP) is 2.02. The first-order valence-electron chi connectivity index (χ1n) is 8.93. The molecule has 1 aromatic carbocycles. The number of amides is 1. The van der Waals surface area contributed by atoms with Crippen molar-refractivity contribution in [1.29, 1.82) is 0 Å². The first-order valence-corrected chi connectivity index (χ1v) is 8.93. The molecule has 2 aliphatic rings. The van der Waals surface area contributed by atoms with Gasteiger partial charge in [0.15, 0.2) is 5.78 Å². The van der Waals surface area contributed by atoms with Gasteiger partial charge in [0, 0.05) is 31.2 Å². The highest BCUT2D eigenvalue weighted by Crippen LogP contribution is 2.21. The van der Waals surface area contributed by atoms with Crippen LogP contribution in [0.25, 0.3) is 0 Å². The maximum absolute atomic E-state index is 12.4. The van der Waals surface area contributed by atoms with E-state index in [9.17, 15) is 9.59 Å². The fourth-order valence-corrected chi connectivity index (χ4v) is 3.56. The number of rotatable bonds is 7. The van der Waals surface area contributed by atoms with Crippen LogP contribution in [-0.2, 0) is 9.53 Å². The zero-order valence-electron chi connectivity index (χ0n) is 14.1. The van der Waals surface area contributed by atoms with Gasteiger partial charge < -0.3 is 10.1 Å². The van der Waals surface area contributed by atoms with Crippen molar-refractivity contribution in [3.05, 3.63) is 35.9 Å². The number of likely N-dealkylation sites (tertiary alicyclic amines) is 1. The van der Waals surface area contributed by atoms with Crippen molar-refractivity contribution in [2.45, 2.75) is 44.2 Å². The fraction of sp³-hybridized carbons (Fsp3) is 0.579. The van der Waals surface area contributed by atoms with E-state index in [1.807, 2.05) is 30.3 Å². The number of hydrogen-bond donors (Lipinski definition) is 1. The van der Waals surface area contributed by atoms with E-state index < -0.39 is 0 Å². The molecule has 0 spiro atoms. The van der Waals surface area contributed by atoms with Crippen molar-refractivity contribution >= 4 is 11.7 Å². The lowest BCUT2D eigenvalue weighted by atomic mass is 10.0. The van der Waals surface area contributed by atoms with Crippen LogP contribution in [0.2, 0.25) is 0 Å². The number of carbonyl (C=O) groups is 2. The lowest BCUT2D eigenvalue weighted by Gasteiger charge is -2.23. The van der Waals surface area contributed by atoms with Crippen molar-refractivity contribution < 1.29 is 14.3 Å². The molecule has 0 unspecified atom stereocenters. The van der Waals surface area contributed by atoms with Crippen LogP contribution in [0.15, 0.2) is 30.3 Å². The van der Waals surface area contributed by atoms with Crippen LogP contribution < -0.4 is 5.32 Å². The maximum atomic E-state index is 12.4. The van der Waals surface area contributed by atoms with Gasteiger partial charge in [-0.05, 0) is 32.2 Å². The summed E-state index contributed by atoms with van der Waals surface area (Å²) >= 11 is 0. The average Bonchev–Trinajstić information content (AvgIpc) is 3.26. The number of hydrogen-bond acceptors (Lipinski definition) is 4. The van der Waals surface area contributed by atoms with Crippen molar-refractivity contribution in [2.24, 2.45) is 0 Å². The number of nitrogens with zero attached hydrogens (tertiary/aromatic N) is 1. The van der Waals surface area contributed by atoms with Crippen LogP contribution in [0.3, 0.4) is 0 Å². The number of carbonyl (C=O) groups excluding carboxylic acids is 2. The van der Waals surface area contributed by atoms with Gasteiger partial charge in [-0.2, -0.15) is 0 Å². The molecule has 2 aliphatic heterocycles. The summed E-state index contributed by atoms with van der Waals surface area (Å²) in [7, 11) is 0. The van der Waals surface area contributed by atoms with Crippen LogP contribution in [-0.4, -0.2) is 55.0 Å². The Morgan fingerprint density at radius 2 is 2.00 bits per heavy atom. The molecule has 130 valence electrons. The van der Waals surface area contributed by atoms with Gasteiger partial charge in [0.2, 0.25) is 5.91 Å². The van der Waals surface area contributed by atoms with E-state index in [2.05, 4.69) is 10.2 Å². The lowest BCUT2D eigenvalue weighted by Crippen LogP contribution is -2.42. The molecule has 1 N–H and O–H groups in total. The minimum atomic E-state index is 0.0320. The smallest absolute Gasteiger partial charge is 0.234 e. The normalized spacial score (nSPS) is 24.2. The minimum absolute atomic E-state index is 0.0320. The second kappa shape index (κ2) is 8.40. The van der Waals surface area contributed by atoms with Gasteiger partial charge in [-0.15, -0.1) is 0 Å². The lowest BCUT2D eigenvalue weighted by molar-refractivity contribution is -0.123. The molecule has 5 nitrogen and oxygen atoms in total. The average molecular weight is 330 g/mol. The molecule has 2 atom stereocenters. The van der Waals surface area contributed by atoms with Gasteiger partial charge in [0.05, 0.1) is 12.6 Å². The van der Waals surface area contributed by atoms with Gasteiger partial charge in [0.1, 0.15) is 0 Å². The molecular formula is C19H26N2O3. The highest BCUT2D eigenvalue weighted by molar-refractivity contribution is 5.96. The van der Waals surface area contributed by atoms with Crippen molar-refractivity contribution in [2.75, 3.05) is 26.2 Å². The minimum Gasteiger partial charge on any atom is -0.376 e. The van der Waals surface area contributed by atoms with Crippen LogP contribution in [0.5, 0.6) is 0 Å². The molecule has 2 saturated heterocycles. The SMILES string of the molecule is O=C(CN1CCC[C@H]1CC(=O)c1ccccc1)NC[C@H]1CCCO1. The van der Waals surface area contributed by atoms with Gasteiger partial charge in [-0.1, -0.05) is 30.3 Å². The Balaban J connectivity index is 1.46. The summed E-state index contributed by atoms with van der Waals surface area (Å²) in [5, 5.41) is 2.97. The Kier molecular flexibility index (Phi) is 5.99. The largest absolute Gasteiger partial charge is 0.376 e. The molecule has 0 radical (unpaired) electrons. The summed E-state index contributed by atoms with van der Waals surface area (Å²) in [6, 6.07) is 9.57. The van der Waals surface area contributed by atoms with Crippen LogP contribution in [0.4, 0.5) is 0 Å². The van der Waals surface area contributed by atoms with Crippen molar-refractivity contribution in [1.82, 2.24) is 10.2 Å². The summed E-state index contributed by atoms with van der Waals surface area (Å²) in [6.07, 6.45) is 4.80. The predicted molar refractivity (Wildman–Crippen MR) is 92.0 cm³/mol. The molecular weight excluding hydrogens is 304 g/mol. The fourth-order valence-electron chi connectivity index (χ4n) is 3.56. The maximum Gasteiger partial charge on any atom is 0.234 e. The summed E-state index contributed by atoms with van der Waals surface area (Å²) in [6.45, 7) is 2.66. The van der Waals surface area contributed by atoms with E-state index in [4.69, 9.17) is 4.74 Å². The summed E-state index contributed by atoms with van der Waals surface area (Å²) in [5.74, 6) is 0.192. The molecule has 2 fully saturated rings. The van der Waals surface area contributed by atoms with Crippen LogP contribution >= 0.6 is 0 Å². The highest BCUT2D eigenvalue weighted by Gasteiger charge is 2.28. The Bertz CT molecular complexity index is 555. The van der Waals surface area contributed by atoms with Crippen LogP contribution in [0, 0.1) is 0 Å². The topological polar surface area (TPSA) is 58.6 Å². The molecule has 0 aromatic heterocycles. The third-order valence-electron chi connectivity index (χ3n) is 4.91. The Morgan fingerprint density at radius 1 is 1.17 bits per heavy atom. The summed E-state index contributed by atoms with van der Waals surface area (Å²) in [5.41, 5.74) is 0.757. The van der Waals surface area contributed by atoms with Crippen LogP contribution in [0.1, 0.15) is 42.5 Å². The Hall–Kier alpha value is -1.72. The molecule has 24 heavy (non-hydrogen) atoms. The molecule has 0 saturated carbocycles. The highest BCUT2D eigenvalue weighted by atomic mass is 16.5. The molecule has 0 bridgehead atoms. The van der Waals surface area contributed by atoms with E-state index in [0.29, 0.717) is 19.5 Å². The summed E-state index contributed by atoms with van der Waals surface area (Å²) < 4.78 is 5.52. The van der Waals surface area contributed by atoms with E-state index in [1.54, 1.807) is 0 Å². The molecule has 2 heterocycles. The standard InChI is InChI=1S/C19H26N2O3/c22-18(15-6-2-1-3-7-15)12-16-8-4-10-21(16)14-19(23)20-13-17-9-5-11-24-17/h1-3,6-7,16-17H,4-5,8-14H2,(H,20,23)/t16-,17+/m0/s1. The van der Waals surface area contributed by atoms with Gasteiger partial charge >= 0.3 is 0 Å². The number of nitrogens with one attached hydrogen (secondary N) is 1. The van der Waals surface area contributed by atoms with Crippen molar-refractivity contribution in [3.8, 4) is 0 Å². The second-order valence-electron chi connectivity index (χ2n) is 6.70. The number of ether oxygens (including phenoxy) is 1. The monoisotopic (exact) mass is 330 g/mol. The molecule has 0 aliphatic carbocycles. The van der Waals surface area contributed by atoms with E-state index >= 15 is 0 Å². The van der Waals surface area contributed by atoms with E-state index in [1.165, 1.54) is 0 Å². The van der Waals surface area contributed by atoms with Gasteiger partial charge in [-0.25, -0.2) is 0 Å². The third-order valence-corrected chi connectivity index (χ3v) is 4.91. The number of ketones is 1. The first kappa shape index (κ1) is 17.1. The quantitative estimate of drug-likeness (QED) is 0.777. The van der Waals surface area contributed by atoms with Gasteiger partial charge in [0.25, 0.3) is 0 Å². The molecule has 5 heteroatoms. The number of Topliss-reactive ketones (excluding diaryl/α,β-unsaturated/α-hetero) is 1. The molecule has 3 rings (SSSR count).